The molecule has 0 aromatic rings. The van der Waals surface area contributed by atoms with Crippen LogP contribution in [0.15, 0.2) is 0 Å². The molecule has 204 valence electrons. The van der Waals surface area contributed by atoms with E-state index in [2.05, 4.69) is 0 Å². The average Bonchev–Trinajstić information content (AvgIpc) is 3.58. The number of aliphatic hydroxyl groups excluding tert-OH is 9. The van der Waals surface area contributed by atoms with Crippen LogP contribution in [0.2, 0.25) is 0 Å². The lowest BCUT2D eigenvalue weighted by Gasteiger charge is -2.46. The van der Waals surface area contributed by atoms with Gasteiger partial charge in [-0.1, -0.05) is 0 Å². The van der Waals surface area contributed by atoms with Crippen LogP contribution < -0.4 is 0 Å². The Morgan fingerprint density at radius 2 is 1.26 bits per heavy atom. The van der Waals surface area contributed by atoms with Gasteiger partial charge in [-0.05, 0) is 0 Å². The maximum Gasteiger partial charge on any atom is 0.315 e. The second kappa shape index (κ2) is 10.6. The Morgan fingerprint density at radius 1 is 0.657 bits per heavy atom. The van der Waals surface area contributed by atoms with Crippen molar-refractivity contribution < 1.29 is 79.1 Å². The first-order chi connectivity index (χ1) is 16.6. The number of fused-ring (bicyclic) bond motifs is 1. The summed E-state index contributed by atoms with van der Waals surface area (Å²) in [7, 11) is 1.21. The molecular formula is C19H32O16. The first-order valence-electron chi connectivity index (χ1n) is 11.1. The number of methoxy groups -OCH3 is 1. The molecule has 15 unspecified atom stereocenters. The number of ether oxygens (including phenoxy) is 7. The van der Waals surface area contributed by atoms with Crippen molar-refractivity contribution in [1.82, 2.24) is 0 Å². The summed E-state index contributed by atoms with van der Waals surface area (Å²) in [5.74, 6) is -1.79. The summed E-state index contributed by atoms with van der Waals surface area (Å²) in [4.78, 5) is 0. The summed E-state index contributed by atoms with van der Waals surface area (Å²) in [6.45, 7) is -1.76. The third-order valence-electron chi connectivity index (χ3n) is 6.58. The van der Waals surface area contributed by atoms with Gasteiger partial charge in [-0.2, -0.15) is 0 Å². The fraction of sp³-hybridized carbons (Fsp3) is 1.00. The predicted molar refractivity (Wildman–Crippen MR) is 104 cm³/mol. The molecule has 0 aromatic carbocycles. The Balaban J connectivity index is 1.38. The minimum atomic E-state index is -1.79. The zero-order chi connectivity index (χ0) is 25.7. The van der Waals surface area contributed by atoms with E-state index in [1.165, 1.54) is 7.11 Å². The molecule has 4 fully saturated rings. The molecule has 0 saturated carbocycles. The largest absolute Gasteiger partial charge is 0.394 e. The SMILES string of the molecule is COC1OC(COC23OC(CO)C(O)C(O)C2O3)C(O)C(O)C1OC1OC(CO)C(O)C(O)C1O. The van der Waals surface area contributed by atoms with Crippen LogP contribution in [0.25, 0.3) is 0 Å². The van der Waals surface area contributed by atoms with Gasteiger partial charge in [0.25, 0.3) is 0 Å². The highest BCUT2D eigenvalue weighted by Crippen LogP contribution is 2.47. The minimum absolute atomic E-state index is 0.442. The summed E-state index contributed by atoms with van der Waals surface area (Å²) < 4.78 is 37.7. The maximum atomic E-state index is 10.7. The molecule has 35 heavy (non-hydrogen) atoms. The Labute approximate surface area is 198 Å². The van der Waals surface area contributed by atoms with Gasteiger partial charge in [-0.15, -0.1) is 0 Å². The number of hydrogen-bond acceptors (Lipinski definition) is 16. The highest BCUT2D eigenvalue weighted by atomic mass is 17.0. The Morgan fingerprint density at radius 3 is 1.89 bits per heavy atom. The second-order valence-electron chi connectivity index (χ2n) is 8.83. The van der Waals surface area contributed by atoms with Crippen molar-refractivity contribution in [3.8, 4) is 0 Å². The third-order valence-corrected chi connectivity index (χ3v) is 6.58. The van der Waals surface area contributed by atoms with Gasteiger partial charge in [0.1, 0.15) is 67.1 Å². The molecule has 4 aliphatic rings. The van der Waals surface area contributed by atoms with Gasteiger partial charge in [0.15, 0.2) is 18.7 Å². The highest BCUT2D eigenvalue weighted by molar-refractivity contribution is 5.03. The van der Waals surface area contributed by atoms with Crippen molar-refractivity contribution in [2.24, 2.45) is 0 Å². The lowest BCUT2D eigenvalue weighted by Crippen LogP contribution is -2.64. The highest BCUT2D eigenvalue weighted by Gasteiger charge is 2.70. The lowest BCUT2D eigenvalue weighted by atomic mass is 9.97. The number of aliphatic hydroxyl groups is 9. The van der Waals surface area contributed by atoms with Gasteiger partial charge in [-0.25, -0.2) is 0 Å². The van der Waals surface area contributed by atoms with E-state index in [0.29, 0.717) is 0 Å². The standard InChI is InChI=1S/C19H32O16/c1-29-18-15(33-17-14(28)11(25)8(22)5(2-20)31-17)12(26)10(24)7(32-18)4-30-19-16(35-19)13(27)9(23)6(3-21)34-19/h5-18,20-28H,2-4H2,1H3. The molecule has 0 spiro atoms. The number of hydrogen-bond donors (Lipinski definition) is 9. The summed E-state index contributed by atoms with van der Waals surface area (Å²) >= 11 is 0. The molecule has 4 rings (SSSR count). The van der Waals surface area contributed by atoms with Gasteiger partial charge >= 0.3 is 5.97 Å². The van der Waals surface area contributed by atoms with Crippen LogP contribution in [-0.2, 0) is 33.2 Å². The number of epoxide rings is 1. The van der Waals surface area contributed by atoms with Crippen molar-refractivity contribution in [2.45, 2.75) is 91.8 Å². The topological polar surface area (TPSA) is 250 Å². The molecule has 9 N–H and O–H groups in total. The molecule has 16 heteroatoms. The van der Waals surface area contributed by atoms with Crippen molar-refractivity contribution in [3.63, 3.8) is 0 Å². The van der Waals surface area contributed by atoms with E-state index in [0.717, 1.165) is 0 Å². The normalized spacial score (nSPS) is 54.3. The molecule has 15 atom stereocenters. The van der Waals surface area contributed by atoms with E-state index in [1.54, 1.807) is 0 Å². The van der Waals surface area contributed by atoms with Crippen LogP contribution in [-0.4, -0.2) is 165 Å². The smallest absolute Gasteiger partial charge is 0.315 e. The fourth-order valence-electron chi connectivity index (χ4n) is 4.40. The average molecular weight is 516 g/mol. The van der Waals surface area contributed by atoms with Gasteiger partial charge in [0.05, 0.1) is 19.8 Å². The van der Waals surface area contributed by atoms with Crippen LogP contribution in [0.4, 0.5) is 0 Å². The molecular weight excluding hydrogens is 484 g/mol. The Bertz CT molecular complexity index is 710. The van der Waals surface area contributed by atoms with Crippen LogP contribution in [0.1, 0.15) is 0 Å². The van der Waals surface area contributed by atoms with Crippen molar-refractivity contribution in [2.75, 3.05) is 26.9 Å². The summed E-state index contributed by atoms with van der Waals surface area (Å²) in [5, 5.41) is 89.9. The van der Waals surface area contributed by atoms with E-state index in [4.69, 9.17) is 33.2 Å². The van der Waals surface area contributed by atoms with Gasteiger partial charge in [-0.3, -0.25) is 0 Å². The molecule has 4 saturated heterocycles. The molecule has 0 aromatic heterocycles. The first-order valence-corrected chi connectivity index (χ1v) is 11.1. The van der Waals surface area contributed by atoms with E-state index in [-0.39, 0.29) is 0 Å². The van der Waals surface area contributed by atoms with Crippen molar-refractivity contribution >= 4 is 0 Å². The quantitative estimate of drug-likeness (QED) is 0.136. The summed E-state index contributed by atoms with van der Waals surface area (Å²) in [6.07, 6.45) is -20.4. The van der Waals surface area contributed by atoms with Crippen LogP contribution in [0.5, 0.6) is 0 Å². The van der Waals surface area contributed by atoms with Crippen molar-refractivity contribution in [3.05, 3.63) is 0 Å². The van der Waals surface area contributed by atoms with Crippen LogP contribution in [0.3, 0.4) is 0 Å². The maximum absolute atomic E-state index is 10.7. The van der Waals surface area contributed by atoms with Gasteiger partial charge in [0, 0.05) is 7.11 Å². The van der Waals surface area contributed by atoms with E-state index in [1.807, 2.05) is 0 Å². The van der Waals surface area contributed by atoms with Crippen LogP contribution >= 0.6 is 0 Å². The molecule has 0 bridgehead atoms. The summed E-state index contributed by atoms with van der Waals surface area (Å²) in [6, 6.07) is 0. The zero-order valence-electron chi connectivity index (χ0n) is 18.6. The molecule has 0 amide bonds. The van der Waals surface area contributed by atoms with Crippen LogP contribution in [0, 0.1) is 0 Å². The Hall–Kier alpha value is -0.640. The second-order valence-corrected chi connectivity index (χ2v) is 8.83. The Kier molecular flexibility index (Phi) is 8.31. The fourth-order valence-corrected chi connectivity index (χ4v) is 4.40. The lowest BCUT2D eigenvalue weighted by molar-refractivity contribution is -0.370. The third kappa shape index (κ3) is 4.96. The van der Waals surface area contributed by atoms with E-state index in [9.17, 15) is 46.0 Å². The summed E-state index contributed by atoms with van der Waals surface area (Å²) in [5.41, 5.74) is 0. The molecule has 0 radical (unpaired) electrons. The van der Waals surface area contributed by atoms with Gasteiger partial charge < -0.3 is 79.1 Å². The first kappa shape index (κ1) is 27.4. The number of rotatable bonds is 8. The molecule has 4 aliphatic heterocycles. The van der Waals surface area contributed by atoms with Gasteiger partial charge in [0.2, 0.25) is 0 Å². The van der Waals surface area contributed by atoms with Crippen molar-refractivity contribution in [1.29, 1.82) is 0 Å². The predicted octanol–water partition coefficient (Wildman–Crippen LogP) is -6.55. The zero-order valence-corrected chi connectivity index (χ0v) is 18.6. The van der Waals surface area contributed by atoms with E-state index >= 15 is 0 Å². The monoisotopic (exact) mass is 516 g/mol. The van der Waals surface area contributed by atoms with E-state index < -0.39 is 112 Å². The molecule has 16 nitrogen and oxygen atoms in total. The molecule has 0 aliphatic carbocycles. The molecule has 4 heterocycles. The minimum Gasteiger partial charge on any atom is -0.394 e.